The number of benzene rings is 1. The fourth-order valence-electron chi connectivity index (χ4n) is 3.39. The number of aliphatic hydroxyl groups excluding tert-OH is 2. The van der Waals surface area contributed by atoms with Crippen molar-refractivity contribution in [3.63, 3.8) is 0 Å². The van der Waals surface area contributed by atoms with Crippen molar-refractivity contribution in [2.75, 3.05) is 6.61 Å². The van der Waals surface area contributed by atoms with Crippen molar-refractivity contribution >= 4 is 26.9 Å². The highest BCUT2D eigenvalue weighted by molar-refractivity contribution is 9.10. The third kappa shape index (κ3) is 5.61. The first-order valence-electron chi connectivity index (χ1n) is 8.86. The molecule has 0 saturated carbocycles. The third-order valence-corrected chi connectivity index (χ3v) is 6.72. The highest BCUT2D eigenvalue weighted by Crippen LogP contribution is 2.46. The molecule has 0 aliphatic carbocycles. The van der Waals surface area contributed by atoms with Gasteiger partial charge in [0.25, 0.3) is 0 Å². The molecular weight excluding hydrogens is 508 g/mol. The molecular formula is C19H21BrF4N2O4S. The van der Waals surface area contributed by atoms with Crippen LogP contribution in [-0.4, -0.2) is 43.2 Å². The van der Waals surface area contributed by atoms with Crippen LogP contribution in [0.2, 0.25) is 0 Å². The molecule has 6 nitrogen and oxygen atoms in total. The van der Waals surface area contributed by atoms with Gasteiger partial charge in [0, 0.05) is 10.7 Å². The van der Waals surface area contributed by atoms with Crippen molar-refractivity contribution in [1.82, 2.24) is 4.98 Å². The van der Waals surface area contributed by atoms with Crippen molar-refractivity contribution in [2.24, 2.45) is 5.14 Å². The van der Waals surface area contributed by atoms with Crippen LogP contribution < -0.4 is 9.88 Å². The number of pyridine rings is 1. The van der Waals surface area contributed by atoms with Crippen LogP contribution in [0.5, 0.6) is 5.75 Å². The number of aromatic nitrogens is 1. The molecule has 3 atom stereocenters. The van der Waals surface area contributed by atoms with Crippen molar-refractivity contribution in [1.29, 1.82) is 0 Å². The van der Waals surface area contributed by atoms with Crippen molar-refractivity contribution in [2.45, 2.75) is 42.9 Å². The molecule has 2 rings (SSSR count). The summed E-state index contributed by atoms with van der Waals surface area (Å²) in [7, 11) is -1.92. The van der Waals surface area contributed by atoms with E-state index in [1.165, 1.54) is 20.0 Å². The number of aliphatic hydroxyl groups is 2. The van der Waals surface area contributed by atoms with E-state index < -0.39 is 51.8 Å². The Morgan fingerprint density at radius 1 is 1.29 bits per heavy atom. The van der Waals surface area contributed by atoms with Crippen LogP contribution in [0.15, 0.2) is 41.0 Å². The van der Waals surface area contributed by atoms with Crippen LogP contribution >= 0.6 is 15.9 Å². The normalized spacial score (nSPS) is 16.5. The van der Waals surface area contributed by atoms with Crippen molar-refractivity contribution < 1.29 is 36.7 Å². The van der Waals surface area contributed by atoms with Gasteiger partial charge >= 0.3 is 6.36 Å². The second-order valence-electron chi connectivity index (χ2n) is 7.43. The van der Waals surface area contributed by atoms with E-state index in [2.05, 4.69) is 25.7 Å². The van der Waals surface area contributed by atoms with E-state index >= 15 is 0 Å². The van der Waals surface area contributed by atoms with E-state index in [0.717, 1.165) is 18.2 Å². The Kier molecular flexibility index (Phi) is 7.85. The van der Waals surface area contributed by atoms with Gasteiger partial charge in [-0.05, 0) is 66.0 Å². The summed E-state index contributed by atoms with van der Waals surface area (Å²) in [5, 5.41) is 26.3. The monoisotopic (exact) mass is 528 g/mol. The molecule has 1 heterocycles. The maximum absolute atomic E-state index is 14.6. The Morgan fingerprint density at radius 3 is 2.42 bits per heavy atom. The number of ether oxygens (including phenoxy) is 1. The molecule has 172 valence electrons. The maximum Gasteiger partial charge on any atom is 0.573 e. The van der Waals surface area contributed by atoms with Crippen molar-refractivity contribution in [3.8, 4) is 5.75 Å². The largest absolute Gasteiger partial charge is 0.573 e. The molecule has 1 aromatic carbocycles. The van der Waals surface area contributed by atoms with Gasteiger partial charge in [-0.25, -0.2) is 8.60 Å². The van der Waals surface area contributed by atoms with Gasteiger partial charge in [0.05, 0.1) is 39.6 Å². The zero-order valence-electron chi connectivity index (χ0n) is 16.5. The number of nitrogens with zero attached hydrogens (tertiary/aromatic N) is 1. The van der Waals surface area contributed by atoms with Gasteiger partial charge in [0.2, 0.25) is 0 Å². The van der Waals surface area contributed by atoms with E-state index in [0.29, 0.717) is 4.47 Å². The minimum absolute atomic E-state index is 0.0148. The molecule has 0 aliphatic rings. The summed E-state index contributed by atoms with van der Waals surface area (Å²) in [6.45, 7) is 2.27. The summed E-state index contributed by atoms with van der Waals surface area (Å²) in [4.78, 5) is 4.26. The van der Waals surface area contributed by atoms with E-state index in [1.54, 1.807) is 12.1 Å². The summed E-state index contributed by atoms with van der Waals surface area (Å²) in [5.74, 6) is -2.41. The number of halogens is 5. The van der Waals surface area contributed by atoms with Gasteiger partial charge in [0.15, 0.2) is 11.6 Å². The lowest BCUT2D eigenvalue weighted by Crippen LogP contribution is -2.50. The summed E-state index contributed by atoms with van der Waals surface area (Å²) < 4.78 is 67.3. The lowest BCUT2D eigenvalue weighted by atomic mass is 9.67. The fraction of sp³-hybridized carbons (Fsp3) is 0.421. The van der Waals surface area contributed by atoms with Crippen LogP contribution in [0.4, 0.5) is 17.6 Å². The van der Waals surface area contributed by atoms with Crippen LogP contribution in [-0.2, 0) is 16.4 Å². The zero-order chi connectivity index (χ0) is 23.6. The topological polar surface area (TPSA) is 106 Å². The van der Waals surface area contributed by atoms with E-state index in [-0.39, 0.29) is 17.7 Å². The van der Waals surface area contributed by atoms with Crippen LogP contribution in [0.25, 0.3) is 0 Å². The number of rotatable bonds is 8. The van der Waals surface area contributed by atoms with E-state index in [1.807, 2.05) is 0 Å². The Bertz CT molecular complexity index is 961. The summed E-state index contributed by atoms with van der Waals surface area (Å²) >= 11 is 3.31. The molecule has 1 aromatic heterocycles. The van der Waals surface area contributed by atoms with E-state index in [4.69, 9.17) is 5.14 Å². The molecule has 2 aromatic rings. The minimum atomic E-state index is -5.10. The Labute approximate surface area is 187 Å². The standard InChI is InChI=1S/C19H21BrF4N2O4S/c1-17(2,31(25)29)10-18(15(28)9-27,16-12(20)4-3-7-26-16)11-5-6-14(13(21)8-11)30-19(22,23)24/h3-8,15,27-28H,9-10,25H2,1-2H3/t15?,18-,31?/m1/s1. The summed E-state index contributed by atoms with van der Waals surface area (Å²) in [5.41, 5.74) is -1.55. The Morgan fingerprint density at radius 2 is 1.94 bits per heavy atom. The fourth-order valence-corrected chi connectivity index (χ4v) is 4.37. The molecule has 31 heavy (non-hydrogen) atoms. The lowest BCUT2D eigenvalue weighted by Gasteiger charge is -2.42. The predicted molar refractivity (Wildman–Crippen MR) is 110 cm³/mol. The highest BCUT2D eigenvalue weighted by atomic mass is 79.9. The molecule has 0 spiro atoms. The van der Waals surface area contributed by atoms with Gasteiger partial charge in [-0.2, -0.15) is 0 Å². The molecule has 2 unspecified atom stereocenters. The van der Waals surface area contributed by atoms with Crippen LogP contribution in [0, 0.1) is 5.82 Å². The Balaban J connectivity index is 2.82. The van der Waals surface area contributed by atoms with Gasteiger partial charge < -0.3 is 14.9 Å². The predicted octanol–water partition coefficient (Wildman–Crippen LogP) is 3.31. The zero-order valence-corrected chi connectivity index (χ0v) is 18.9. The first-order valence-corrected chi connectivity index (χ1v) is 10.9. The average Bonchev–Trinajstić information content (AvgIpc) is 2.66. The lowest BCUT2D eigenvalue weighted by molar-refractivity contribution is -0.275. The molecule has 12 heteroatoms. The second kappa shape index (κ2) is 9.49. The molecule has 0 aliphatic heterocycles. The maximum atomic E-state index is 14.6. The summed E-state index contributed by atoms with van der Waals surface area (Å²) in [6, 6.07) is 5.82. The minimum Gasteiger partial charge on any atom is -0.403 e. The van der Waals surface area contributed by atoms with Crippen LogP contribution in [0.1, 0.15) is 31.5 Å². The second-order valence-corrected chi connectivity index (χ2v) is 9.98. The number of nitrogens with two attached hydrogens (primary N) is 1. The first kappa shape index (κ1) is 25.7. The Hall–Kier alpha value is -1.60. The highest BCUT2D eigenvalue weighted by Gasteiger charge is 2.49. The molecule has 0 bridgehead atoms. The molecule has 0 amide bonds. The average molecular weight is 529 g/mol. The molecule has 4 N–H and O–H groups in total. The van der Waals surface area contributed by atoms with Crippen molar-refractivity contribution in [3.05, 3.63) is 58.1 Å². The number of hydrogen-bond acceptors (Lipinski definition) is 5. The van der Waals surface area contributed by atoms with Gasteiger partial charge in [-0.3, -0.25) is 10.1 Å². The first-order chi connectivity index (χ1) is 14.2. The molecule has 0 radical (unpaired) electrons. The number of alkyl halides is 3. The van der Waals surface area contributed by atoms with E-state index in [9.17, 15) is 32.0 Å². The van der Waals surface area contributed by atoms with Gasteiger partial charge in [0.1, 0.15) is 0 Å². The summed E-state index contributed by atoms with van der Waals surface area (Å²) in [6.07, 6.45) is -5.51. The van der Waals surface area contributed by atoms with Gasteiger partial charge in [-0.15, -0.1) is 13.2 Å². The molecule has 0 saturated heterocycles. The van der Waals surface area contributed by atoms with Crippen LogP contribution in [0.3, 0.4) is 0 Å². The smallest absolute Gasteiger partial charge is 0.403 e. The van der Waals surface area contributed by atoms with Gasteiger partial charge in [-0.1, -0.05) is 6.07 Å². The molecule has 0 fully saturated rings. The SMILES string of the molecule is CC(C)(C[C@](c1ccc(OC(F)(F)F)c(F)c1)(c1ncccc1Br)C(O)CO)S(N)=O. The quantitative estimate of drug-likeness (QED) is 0.456. The third-order valence-electron chi connectivity index (χ3n) is 4.84. The number of hydrogen-bond donors (Lipinski definition) is 3.